The summed E-state index contributed by atoms with van der Waals surface area (Å²) in [5.74, 6) is -0.348. The van der Waals surface area contributed by atoms with E-state index >= 15 is 0 Å². The van der Waals surface area contributed by atoms with Crippen molar-refractivity contribution < 1.29 is 50.9 Å². The van der Waals surface area contributed by atoms with Crippen molar-refractivity contribution in [1.29, 1.82) is 0 Å². The fourth-order valence-corrected chi connectivity index (χ4v) is 6.39. The Morgan fingerprint density at radius 2 is 1.62 bits per heavy atom. The number of amides is 2. The number of piperazine rings is 1. The first-order valence-electron chi connectivity index (χ1n) is 15.7. The van der Waals surface area contributed by atoms with Crippen molar-refractivity contribution in [3.8, 4) is 5.75 Å². The molecule has 2 amide bonds. The van der Waals surface area contributed by atoms with Gasteiger partial charge in [0.25, 0.3) is 11.5 Å². The summed E-state index contributed by atoms with van der Waals surface area (Å²) in [5, 5.41) is 23.6. The maximum Gasteiger partial charge on any atom is 0.430 e. The van der Waals surface area contributed by atoms with Crippen molar-refractivity contribution in [2.75, 3.05) is 24.5 Å². The van der Waals surface area contributed by atoms with Crippen LogP contribution < -0.4 is 15.0 Å². The SMILES string of the molecule is CCCc1cc(C(O)(C(F)(F)F)C(F)(F)F)ccc1N1C[C@H](C)N(C(=O)CN2C(=O)[C@@](C)(c3ccc(OC(C)C)cc3)NC2O)C[C@H]1C. The zero-order chi connectivity index (χ0) is 36.0. The van der Waals surface area contributed by atoms with Crippen molar-refractivity contribution in [2.24, 2.45) is 0 Å². The Hall–Kier alpha value is -3.56. The molecule has 2 aliphatic rings. The van der Waals surface area contributed by atoms with E-state index in [-0.39, 0.29) is 31.2 Å². The van der Waals surface area contributed by atoms with Crippen LogP contribution in [0.4, 0.5) is 32.0 Å². The number of rotatable bonds is 9. The number of carbonyl (C=O) groups excluding carboxylic acids is 2. The molecule has 0 aliphatic carbocycles. The van der Waals surface area contributed by atoms with Gasteiger partial charge in [-0.15, -0.1) is 0 Å². The molecule has 2 saturated heterocycles. The summed E-state index contributed by atoms with van der Waals surface area (Å²) in [5.41, 5.74) is -6.53. The van der Waals surface area contributed by atoms with Gasteiger partial charge in [-0.1, -0.05) is 37.6 Å². The van der Waals surface area contributed by atoms with E-state index in [0.29, 0.717) is 29.5 Å². The van der Waals surface area contributed by atoms with Gasteiger partial charge in [0.2, 0.25) is 5.91 Å². The minimum atomic E-state index is -6.01. The molecule has 2 aromatic rings. The summed E-state index contributed by atoms with van der Waals surface area (Å²) in [6, 6.07) is 8.47. The highest BCUT2D eigenvalue weighted by Crippen LogP contribution is 2.50. The van der Waals surface area contributed by atoms with Crippen molar-refractivity contribution in [3.63, 3.8) is 0 Å². The summed E-state index contributed by atoms with van der Waals surface area (Å²) >= 11 is 0. The zero-order valence-corrected chi connectivity index (χ0v) is 27.6. The van der Waals surface area contributed by atoms with E-state index in [1.165, 1.54) is 4.90 Å². The fraction of sp³-hybridized carbons (Fsp3) is 0.576. The van der Waals surface area contributed by atoms with Gasteiger partial charge >= 0.3 is 12.4 Å². The smallest absolute Gasteiger partial charge is 0.430 e. The van der Waals surface area contributed by atoms with Gasteiger partial charge in [0.05, 0.1) is 6.10 Å². The highest BCUT2D eigenvalue weighted by Gasteiger charge is 2.71. The van der Waals surface area contributed by atoms with Crippen LogP contribution in [0.5, 0.6) is 5.75 Å². The molecule has 4 atom stereocenters. The Bertz CT molecular complexity index is 1470. The lowest BCUT2D eigenvalue weighted by Crippen LogP contribution is -2.60. The molecule has 0 bridgehead atoms. The molecule has 2 aromatic carbocycles. The minimum Gasteiger partial charge on any atom is -0.491 e. The number of benzene rings is 2. The van der Waals surface area contributed by atoms with Gasteiger partial charge in [-0.05, 0) is 70.4 Å². The monoisotopic (exact) mass is 688 g/mol. The standard InChI is InChI=1S/C33H42F6N4O5/c1-7-8-22-15-24(31(47,32(34,35)36)33(37,38)39)11-14-26(22)41-16-21(5)42(17-20(41)4)27(44)18-43-28(45)30(6,40-29(43)46)23-9-12-25(13-10-23)48-19(2)3/h9-15,19-21,29,40,46-47H,7-8,16-18H2,1-6H3/t20-,21+,29?,30-/m1/s1. The van der Waals surface area contributed by atoms with Gasteiger partial charge in [0.15, 0.2) is 6.35 Å². The van der Waals surface area contributed by atoms with Crippen LogP contribution in [0.3, 0.4) is 0 Å². The normalized spacial score (nSPS) is 24.1. The van der Waals surface area contributed by atoms with Crippen LogP contribution in [0.15, 0.2) is 42.5 Å². The highest BCUT2D eigenvalue weighted by atomic mass is 19.4. The van der Waals surface area contributed by atoms with Crippen LogP contribution in [0.1, 0.15) is 64.7 Å². The molecule has 1 unspecified atom stereocenters. The van der Waals surface area contributed by atoms with Crippen molar-refractivity contribution in [2.45, 2.75) is 102 Å². The number of anilines is 1. The van der Waals surface area contributed by atoms with Crippen LogP contribution in [-0.4, -0.2) is 88.4 Å². The number of aliphatic hydroxyl groups excluding tert-OH is 1. The average molecular weight is 689 g/mol. The Morgan fingerprint density at radius 1 is 1.02 bits per heavy atom. The molecule has 0 saturated carbocycles. The zero-order valence-electron chi connectivity index (χ0n) is 27.6. The molecule has 2 aliphatic heterocycles. The molecule has 0 radical (unpaired) electrons. The average Bonchev–Trinajstić information content (AvgIpc) is 3.20. The number of nitrogens with one attached hydrogen (secondary N) is 1. The molecule has 2 fully saturated rings. The van der Waals surface area contributed by atoms with E-state index in [1.54, 1.807) is 52.0 Å². The summed E-state index contributed by atoms with van der Waals surface area (Å²) in [7, 11) is 0. The highest BCUT2D eigenvalue weighted by molar-refractivity contribution is 5.93. The quantitative estimate of drug-likeness (QED) is 0.326. The van der Waals surface area contributed by atoms with Gasteiger partial charge in [-0.2, -0.15) is 26.3 Å². The number of carbonyl (C=O) groups is 2. The largest absolute Gasteiger partial charge is 0.491 e. The predicted molar refractivity (Wildman–Crippen MR) is 165 cm³/mol. The van der Waals surface area contributed by atoms with E-state index in [2.05, 4.69) is 5.32 Å². The Kier molecular flexibility index (Phi) is 10.4. The lowest BCUT2D eigenvalue weighted by molar-refractivity contribution is -0.376. The van der Waals surface area contributed by atoms with Gasteiger partial charge in [-0.25, -0.2) is 0 Å². The lowest BCUT2D eigenvalue weighted by atomic mass is 9.89. The Labute approximate surface area is 275 Å². The molecule has 3 N–H and O–H groups in total. The van der Waals surface area contributed by atoms with Crippen molar-refractivity contribution >= 4 is 17.5 Å². The fourth-order valence-electron chi connectivity index (χ4n) is 6.39. The van der Waals surface area contributed by atoms with E-state index in [9.17, 15) is 46.1 Å². The number of hydrogen-bond acceptors (Lipinski definition) is 7. The van der Waals surface area contributed by atoms with Crippen LogP contribution in [0.2, 0.25) is 0 Å². The van der Waals surface area contributed by atoms with Crippen LogP contribution in [0.25, 0.3) is 0 Å². The van der Waals surface area contributed by atoms with Crippen molar-refractivity contribution in [3.05, 3.63) is 59.2 Å². The maximum absolute atomic E-state index is 13.6. The number of aliphatic hydroxyl groups is 2. The molecular weight excluding hydrogens is 646 g/mol. The molecule has 0 spiro atoms. The minimum absolute atomic E-state index is 0.0463. The molecule has 4 rings (SSSR count). The maximum atomic E-state index is 13.6. The van der Waals surface area contributed by atoms with Gasteiger partial charge in [0, 0.05) is 36.4 Å². The molecule has 2 heterocycles. The number of aryl methyl sites for hydroxylation is 1. The van der Waals surface area contributed by atoms with Gasteiger partial charge in [-0.3, -0.25) is 19.8 Å². The summed E-state index contributed by atoms with van der Waals surface area (Å²) in [6.07, 6.45) is -13.0. The van der Waals surface area contributed by atoms with E-state index in [0.717, 1.165) is 17.0 Å². The third-order valence-corrected chi connectivity index (χ3v) is 8.96. The first kappa shape index (κ1) is 37.3. The summed E-state index contributed by atoms with van der Waals surface area (Å²) in [6.45, 7) is 10.5. The Morgan fingerprint density at radius 3 is 2.17 bits per heavy atom. The van der Waals surface area contributed by atoms with Crippen LogP contribution >= 0.6 is 0 Å². The number of halogens is 6. The predicted octanol–water partition coefficient (Wildman–Crippen LogP) is 4.79. The second-order valence-electron chi connectivity index (χ2n) is 13.0. The molecular formula is C33H42F6N4O5. The van der Waals surface area contributed by atoms with Crippen LogP contribution in [0, 0.1) is 0 Å². The third-order valence-electron chi connectivity index (χ3n) is 8.96. The second kappa shape index (κ2) is 13.4. The number of ether oxygens (including phenoxy) is 1. The molecule has 0 aromatic heterocycles. The number of nitrogens with zero attached hydrogens (tertiary/aromatic N) is 3. The topological polar surface area (TPSA) is 106 Å². The van der Waals surface area contributed by atoms with Crippen LogP contribution in [-0.2, 0) is 27.1 Å². The van der Waals surface area contributed by atoms with Gasteiger partial charge in [0.1, 0.15) is 17.8 Å². The summed E-state index contributed by atoms with van der Waals surface area (Å²) in [4.78, 5) is 31.5. The van der Waals surface area contributed by atoms with E-state index < -0.39 is 65.9 Å². The molecule has 9 nitrogen and oxygen atoms in total. The lowest BCUT2D eigenvalue weighted by Gasteiger charge is -2.46. The third kappa shape index (κ3) is 6.81. The van der Waals surface area contributed by atoms with Gasteiger partial charge < -0.3 is 24.7 Å². The molecule has 15 heteroatoms. The number of hydrogen-bond donors (Lipinski definition) is 3. The molecule has 266 valence electrons. The van der Waals surface area contributed by atoms with Crippen molar-refractivity contribution in [1.82, 2.24) is 15.1 Å². The summed E-state index contributed by atoms with van der Waals surface area (Å²) < 4.78 is 87.3. The molecule has 48 heavy (non-hydrogen) atoms. The Balaban J connectivity index is 1.51. The number of alkyl halides is 6. The first-order valence-corrected chi connectivity index (χ1v) is 15.7. The second-order valence-corrected chi connectivity index (χ2v) is 13.0. The first-order chi connectivity index (χ1) is 22.1. The van der Waals surface area contributed by atoms with E-state index in [1.807, 2.05) is 18.7 Å². The van der Waals surface area contributed by atoms with E-state index in [4.69, 9.17) is 4.74 Å².